The Morgan fingerprint density at radius 2 is 1.18 bits per heavy atom. The number of benzene rings is 2. The molecule has 142 valence electrons. The van der Waals surface area contributed by atoms with Gasteiger partial charge in [-0.15, -0.1) is 0 Å². The van der Waals surface area contributed by atoms with Crippen LogP contribution in [-0.2, 0) is 9.59 Å². The van der Waals surface area contributed by atoms with Crippen molar-refractivity contribution in [2.45, 2.75) is 6.92 Å². The van der Waals surface area contributed by atoms with Crippen molar-refractivity contribution in [1.29, 1.82) is 0 Å². The zero-order valence-electron chi connectivity index (χ0n) is 15.2. The Morgan fingerprint density at radius 1 is 0.750 bits per heavy atom. The topological polar surface area (TPSA) is 71.1 Å². The van der Waals surface area contributed by atoms with Gasteiger partial charge in [0.25, 0.3) is 0 Å². The number of ether oxygens (including phenoxy) is 4. The molecule has 0 saturated carbocycles. The van der Waals surface area contributed by atoms with E-state index >= 15 is 0 Å². The number of hydrogen-bond acceptors (Lipinski definition) is 6. The van der Waals surface area contributed by atoms with E-state index in [1.165, 1.54) is 12.2 Å². The quantitative estimate of drug-likeness (QED) is 0.565. The third kappa shape index (κ3) is 3.76. The van der Waals surface area contributed by atoms with Crippen LogP contribution in [0.1, 0.15) is 18.1 Å². The lowest BCUT2D eigenvalue weighted by atomic mass is 9.99. The number of fused-ring (bicyclic) bond motifs is 2. The van der Waals surface area contributed by atoms with Crippen LogP contribution in [0.15, 0.2) is 48.6 Å². The molecular weight excluding hydrogens is 360 g/mol. The predicted octanol–water partition coefficient (Wildman–Crippen LogP) is 3.64. The molecule has 2 aromatic carbocycles. The third-order valence-corrected chi connectivity index (χ3v) is 4.53. The second kappa shape index (κ2) is 7.60. The molecular formula is C22H18O6. The Morgan fingerprint density at radius 3 is 1.64 bits per heavy atom. The molecule has 2 aliphatic rings. The summed E-state index contributed by atoms with van der Waals surface area (Å²) < 4.78 is 21.1. The summed E-state index contributed by atoms with van der Waals surface area (Å²) in [5.41, 5.74) is 1.60. The van der Waals surface area contributed by atoms with Gasteiger partial charge in [-0.3, -0.25) is 9.59 Å². The SMILES string of the molecule is CC(C(=O)/C=C/c1ccc2c(c1)OCO2)C(=O)/C=C/c1ccc2c(c1)OCO2. The molecule has 0 radical (unpaired) electrons. The smallest absolute Gasteiger partial charge is 0.231 e. The van der Waals surface area contributed by atoms with E-state index in [9.17, 15) is 9.59 Å². The van der Waals surface area contributed by atoms with E-state index in [2.05, 4.69) is 0 Å². The van der Waals surface area contributed by atoms with E-state index < -0.39 is 5.92 Å². The van der Waals surface area contributed by atoms with E-state index in [-0.39, 0.29) is 25.2 Å². The van der Waals surface area contributed by atoms with Gasteiger partial charge in [-0.2, -0.15) is 0 Å². The van der Waals surface area contributed by atoms with Crippen LogP contribution in [0.25, 0.3) is 12.2 Å². The third-order valence-electron chi connectivity index (χ3n) is 4.53. The van der Waals surface area contributed by atoms with Crippen molar-refractivity contribution in [1.82, 2.24) is 0 Å². The van der Waals surface area contributed by atoms with Gasteiger partial charge >= 0.3 is 0 Å². The lowest BCUT2D eigenvalue weighted by molar-refractivity contribution is -0.126. The summed E-state index contributed by atoms with van der Waals surface area (Å²) in [5, 5.41) is 0. The fourth-order valence-corrected chi connectivity index (χ4v) is 2.82. The highest BCUT2D eigenvalue weighted by molar-refractivity contribution is 6.13. The van der Waals surface area contributed by atoms with Crippen molar-refractivity contribution in [2.75, 3.05) is 13.6 Å². The lowest BCUT2D eigenvalue weighted by Crippen LogP contribution is -2.17. The zero-order valence-corrected chi connectivity index (χ0v) is 15.2. The maximum atomic E-state index is 12.3. The Hall–Kier alpha value is -3.54. The molecule has 2 aliphatic heterocycles. The van der Waals surface area contributed by atoms with E-state index in [0.29, 0.717) is 23.0 Å². The number of rotatable bonds is 6. The second-order valence-corrected chi connectivity index (χ2v) is 6.42. The molecule has 0 amide bonds. The first-order chi connectivity index (χ1) is 13.6. The molecule has 0 aliphatic carbocycles. The van der Waals surface area contributed by atoms with Crippen LogP contribution < -0.4 is 18.9 Å². The fraction of sp³-hybridized carbons (Fsp3) is 0.182. The molecule has 2 aromatic rings. The average Bonchev–Trinajstić information content (AvgIpc) is 3.37. The first-order valence-electron chi connectivity index (χ1n) is 8.83. The van der Waals surface area contributed by atoms with Crippen LogP contribution in [0.5, 0.6) is 23.0 Å². The van der Waals surface area contributed by atoms with E-state index in [0.717, 1.165) is 11.1 Å². The largest absolute Gasteiger partial charge is 0.454 e. The van der Waals surface area contributed by atoms with Crippen LogP contribution in [0.4, 0.5) is 0 Å². The summed E-state index contributed by atoms with van der Waals surface area (Å²) in [6, 6.07) is 10.8. The molecule has 0 unspecified atom stereocenters. The summed E-state index contributed by atoms with van der Waals surface area (Å²) >= 11 is 0. The minimum absolute atomic E-state index is 0.197. The number of allylic oxidation sites excluding steroid dienone is 2. The van der Waals surface area contributed by atoms with E-state index in [4.69, 9.17) is 18.9 Å². The molecule has 0 atom stereocenters. The van der Waals surface area contributed by atoms with Crippen LogP contribution in [0, 0.1) is 5.92 Å². The lowest BCUT2D eigenvalue weighted by Gasteiger charge is -2.03. The highest BCUT2D eigenvalue weighted by Crippen LogP contribution is 2.33. The molecule has 0 saturated heterocycles. The summed E-state index contributed by atoms with van der Waals surface area (Å²) in [4.78, 5) is 24.6. The Balaban J connectivity index is 1.38. The Kier molecular flexibility index (Phi) is 4.85. The summed E-state index contributed by atoms with van der Waals surface area (Å²) in [6.45, 7) is 1.99. The first-order valence-corrected chi connectivity index (χ1v) is 8.83. The van der Waals surface area contributed by atoms with Crippen molar-refractivity contribution in [2.24, 2.45) is 5.92 Å². The summed E-state index contributed by atoms with van der Waals surface area (Å²) in [6.07, 6.45) is 6.15. The highest BCUT2D eigenvalue weighted by atomic mass is 16.7. The fourth-order valence-electron chi connectivity index (χ4n) is 2.82. The van der Waals surface area contributed by atoms with Crippen molar-refractivity contribution >= 4 is 23.7 Å². The predicted molar refractivity (Wildman–Crippen MR) is 102 cm³/mol. The summed E-state index contributed by atoms with van der Waals surface area (Å²) in [7, 11) is 0. The number of ketones is 2. The molecule has 2 heterocycles. The van der Waals surface area contributed by atoms with Gasteiger partial charge < -0.3 is 18.9 Å². The molecule has 0 fully saturated rings. The van der Waals surface area contributed by atoms with Crippen LogP contribution in [0.2, 0.25) is 0 Å². The summed E-state index contributed by atoms with van der Waals surface area (Å²) in [5.74, 6) is 1.35. The first kappa shape index (κ1) is 17.9. The minimum Gasteiger partial charge on any atom is -0.454 e. The van der Waals surface area contributed by atoms with Gasteiger partial charge in [-0.05, 0) is 54.5 Å². The highest BCUT2D eigenvalue weighted by Gasteiger charge is 2.18. The molecule has 0 aromatic heterocycles. The van der Waals surface area contributed by atoms with Gasteiger partial charge in [0, 0.05) is 0 Å². The molecule has 28 heavy (non-hydrogen) atoms. The number of carbonyl (C=O) groups excluding carboxylic acids is 2. The molecule has 0 spiro atoms. The Bertz CT molecular complexity index is 909. The zero-order chi connectivity index (χ0) is 19.5. The standard InChI is InChI=1S/C22H18O6/c1-14(17(23)6-2-15-4-8-19-21(10-15)27-12-25-19)18(24)7-3-16-5-9-20-22(11-16)28-13-26-20/h2-11,14H,12-13H2,1H3/b6-2+,7-3+. The van der Waals surface area contributed by atoms with Gasteiger partial charge in [0.1, 0.15) is 0 Å². The average molecular weight is 378 g/mol. The van der Waals surface area contributed by atoms with Crippen LogP contribution >= 0.6 is 0 Å². The van der Waals surface area contributed by atoms with Gasteiger partial charge in [0.2, 0.25) is 13.6 Å². The van der Waals surface area contributed by atoms with E-state index in [1.54, 1.807) is 43.3 Å². The normalized spacial score (nSPS) is 14.4. The molecule has 0 N–H and O–H groups in total. The van der Waals surface area contributed by atoms with E-state index in [1.807, 2.05) is 12.1 Å². The minimum atomic E-state index is -0.768. The second-order valence-electron chi connectivity index (χ2n) is 6.42. The number of hydrogen-bond donors (Lipinski definition) is 0. The van der Waals surface area contributed by atoms with Gasteiger partial charge in [0.05, 0.1) is 5.92 Å². The van der Waals surface area contributed by atoms with Gasteiger partial charge in [-0.1, -0.05) is 24.3 Å². The van der Waals surface area contributed by atoms with Crippen molar-refractivity contribution in [3.63, 3.8) is 0 Å². The van der Waals surface area contributed by atoms with Crippen molar-refractivity contribution in [3.8, 4) is 23.0 Å². The maximum Gasteiger partial charge on any atom is 0.231 e. The van der Waals surface area contributed by atoms with Crippen molar-refractivity contribution < 1.29 is 28.5 Å². The van der Waals surface area contributed by atoms with Crippen LogP contribution in [-0.4, -0.2) is 25.2 Å². The monoisotopic (exact) mass is 378 g/mol. The van der Waals surface area contributed by atoms with Gasteiger partial charge in [-0.25, -0.2) is 0 Å². The maximum absolute atomic E-state index is 12.3. The van der Waals surface area contributed by atoms with Crippen molar-refractivity contribution in [3.05, 3.63) is 59.7 Å². The molecule has 6 nitrogen and oxygen atoms in total. The molecule has 0 bridgehead atoms. The molecule has 6 heteroatoms. The van der Waals surface area contributed by atoms with Gasteiger partial charge in [0.15, 0.2) is 34.6 Å². The molecule has 4 rings (SSSR count). The number of carbonyl (C=O) groups is 2. The van der Waals surface area contributed by atoms with Crippen LogP contribution in [0.3, 0.4) is 0 Å². The Labute approximate surface area is 162 Å².